The van der Waals surface area contributed by atoms with Crippen LogP contribution in [-0.2, 0) is 0 Å². The van der Waals surface area contributed by atoms with Gasteiger partial charge in [-0.25, -0.2) is 0 Å². The highest BCUT2D eigenvalue weighted by Gasteiger charge is 2.17. The summed E-state index contributed by atoms with van der Waals surface area (Å²) in [6.45, 7) is 1.83. The van der Waals surface area contributed by atoms with Gasteiger partial charge in [-0.05, 0) is 30.7 Å². The van der Waals surface area contributed by atoms with Gasteiger partial charge in [0.05, 0.1) is 9.95 Å². The second kappa shape index (κ2) is 6.30. The Morgan fingerprint density at radius 2 is 1.90 bits per heavy atom. The van der Waals surface area contributed by atoms with Gasteiger partial charge in [0.25, 0.3) is 0 Å². The second-order valence-electron chi connectivity index (χ2n) is 4.45. The number of nitro benzene ring substituents is 1. The van der Waals surface area contributed by atoms with Gasteiger partial charge in [0.15, 0.2) is 0 Å². The van der Waals surface area contributed by atoms with Crippen LogP contribution in [0.5, 0.6) is 11.5 Å². The lowest BCUT2D eigenvalue weighted by molar-refractivity contribution is -0.385. The summed E-state index contributed by atoms with van der Waals surface area (Å²) in [5, 5.41) is 11.6. The van der Waals surface area contributed by atoms with Crippen molar-refractivity contribution in [3.8, 4) is 11.5 Å². The number of nitrogens with two attached hydrogens (primary N) is 1. The first kappa shape index (κ1) is 15.6. The Labute approximate surface area is 131 Å². The quantitative estimate of drug-likeness (QED) is 0.651. The Hall–Kier alpha value is -1.82. The van der Waals surface area contributed by atoms with Crippen molar-refractivity contribution in [1.29, 1.82) is 0 Å². The minimum Gasteiger partial charge on any atom is -0.449 e. The molecule has 0 aliphatic rings. The molecule has 0 amide bonds. The maximum atomic E-state index is 11.0. The van der Waals surface area contributed by atoms with E-state index in [-0.39, 0.29) is 17.5 Å². The van der Waals surface area contributed by atoms with Crippen LogP contribution in [0.15, 0.2) is 36.4 Å². The molecule has 0 saturated heterocycles. The maximum Gasteiger partial charge on any atom is 0.311 e. The highest BCUT2D eigenvalue weighted by atomic mass is 35.5. The lowest BCUT2D eigenvalue weighted by atomic mass is 10.1. The molecule has 110 valence electrons. The monoisotopic (exact) mass is 326 g/mol. The van der Waals surface area contributed by atoms with Crippen LogP contribution in [0, 0.1) is 10.1 Å². The molecular weight excluding hydrogens is 315 g/mol. The van der Waals surface area contributed by atoms with Crippen LogP contribution in [0.25, 0.3) is 0 Å². The van der Waals surface area contributed by atoms with Crippen molar-refractivity contribution in [3.05, 3.63) is 62.1 Å². The number of rotatable bonds is 4. The third-order valence-electron chi connectivity index (χ3n) is 2.82. The van der Waals surface area contributed by atoms with Gasteiger partial charge in [0.1, 0.15) is 5.75 Å². The van der Waals surface area contributed by atoms with Crippen LogP contribution in [0.4, 0.5) is 5.69 Å². The molecule has 1 atom stereocenters. The van der Waals surface area contributed by atoms with E-state index < -0.39 is 4.92 Å². The number of hydrogen-bond donors (Lipinski definition) is 1. The molecule has 5 nitrogen and oxygen atoms in total. The summed E-state index contributed by atoms with van der Waals surface area (Å²) in [5.41, 5.74) is 6.42. The average molecular weight is 327 g/mol. The fourth-order valence-electron chi connectivity index (χ4n) is 1.72. The van der Waals surface area contributed by atoms with Crippen molar-refractivity contribution >= 4 is 28.9 Å². The summed E-state index contributed by atoms with van der Waals surface area (Å²) in [5.74, 6) is 0.328. The SMILES string of the molecule is C[C@H](N)c1ccc(Oc2cc(Cl)ccc2[N+](=O)[O-])c(Cl)c1. The van der Waals surface area contributed by atoms with Crippen LogP contribution >= 0.6 is 23.2 Å². The molecule has 0 saturated carbocycles. The fraction of sp³-hybridized carbons (Fsp3) is 0.143. The predicted octanol–water partition coefficient (Wildman–Crippen LogP) is 4.71. The van der Waals surface area contributed by atoms with E-state index in [9.17, 15) is 10.1 Å². The summed E-state index contributed by atoms with van der Waals surface area (Å²) < 4.78 is 5.52. The van der Waals surface area contributed by atoms with Gasteiger partial charge < -0.3 is 10.5 Å². The van der Waals surface area contributed by atoms with Crippen LogP contribution in [-0.4, -0.2) is 4.92 Å². The summed E-state index contributed by atoms with van der Waals surface area (Å²) in [7, 11) is 0. The maximum absolute atomic E-state index is 11.0. The molecule has 0 heterocycles. The minimum absolute atomic E-state index is 0.0305. The molecule has 0 aliphatic carbocycles. The minimum atomic E-state index is -0.546. The number of nitro groups is 1. The van der Waals surface area contributed by atoms with Gasteiger partial charge in [-0.2, -0.15) is 0 Å². The van der Waals surface area contributed by atoms with Crippen LogP contribution < -0.4 is 10.5 Å². The molecule has 2 aromatic carbocycles. The Morgan fingerprint density at radius 3 is 2.48 bits per heavy atom. The molecule has 21 heavy (non-hydrogen) atoms. The molecule has 7 heteroatoms. The topological polar surface area (TPSA) is 78.4 Å². The molecule has 0 aromatic heterocycles. The number of nitrogens with zero attached hydrogens (tertiary/aromatic N) is 1. The van der Waals surface area contributed by atoms with Crippen molar-refractivity contribution < 1.29 is 9.66 Å². The van der Waals surface area contributed by atoms with Crippen LogP contribution in [0.2, 0.25) is 10.0 Å². The largest absolute Gasteiger partial charge is 0.449 e. The van der Waals surface area contributed by atoms with Gasteiger partial charge >= 0.3 is 5.69 Å². The molecule has 0 radical (unpaired) electrons. The van der Waals surface area contributed by atoms with E-state index in [2.05, 4.69) is 0 Å². The first-order valence-electron chi connectivity index (χ1n) is 6.05. The highest BCUT2D eigenvalue weighted by Crippen LogP contribution is 2.37. The fourth-order valence-corrected chi connectivity index (χ4v) is 2.11. The summed E-state index contributed by atoms with van der Waals surface area (Å²) >= 11 is 12.0. The normalized spacial score (nSPS) is 12.0. The van der Waals surface area contributed by atoms with Gasteiger partial charge in [-0.3, -0.25) is 10.1 Å². The molecule has 2 N–H and O–H groups in total. The van der Waals surface area contributed by atoms with E-state index in [4.69, 9.17) is 33.7 Å². The highest BCUT2D eigenvalue weighted by molar-refractivity contribution is 6.32. The lowest BCUT2D eigenvalue weighted by Crippen LogP contribution is -2.04. The summed E-state index contributed by atoms with van der Waals surface area (Å²) in [6.07, 6.45) is 0. The Balaban J connectivity index is 2.38. The van der Waals surface area contributed by atoms with Crippen molar-refractivity contribution in [2.24, 2.45) is 5.73 Å². The lowest BCUT2D eigenvalue weighted by Gasteiger charge is -2.11. The van der Waals surface area contributed by atoms with Crippen molar-refractivity contribution in [2.45, 2.75) is 13.0 Å². The third-order valence-corrected chi connectivity index (χ3v) is 3.35. The van der Waals surface area contributed by atoms with Crippen molar-refractivity contribution in [1.82, 2.24) is 0 Å². The molecule has 2 rings (SSSR count). The van der Waals surface area contributed by atoms with Crippen LogP contribution in [0.1, 0.15) is 18.5 Å². The van der Waals surface area contributed by atoms with E-state index in [1.165, 1.54) is 18.2 Å². The zero-order valence-electron chi connectivity index (χ0n) is 11.0. The zero-order chi connectivity index (χ0) is 15.6. The number of hydrogen-bond acceptors (Lipinski definition) is 4. The van der Waals surface area contributed by atoms with E-state index in [1.807, 2.05) is 6.92 Å². The first-order valence-corrected chi connectivity index (χ1v) is 6.81. The van der Waals surface area contributed by atoms with E-state index in [1.54, 1.807) is 18.2 Å². The molecule has 0 bridgehead atoms. The van der Waals surface area contributed by atoms with Crippen molar-refractivity contribution in [2.75, 3.05) is 0 Å². The molecule has 0 fully saturated rings. The van der Waals surface area contributed by atoms with Gasteiger partial charge in [0.2, 0.25) is 5.75 Å². The predicted molar refractivity (Wildman–Crippen MR) is 82.2 cm³/mol. The molecule has 0 unspecified atom stereocenters. The molecule has 2 aromatic rings. The van der Waals surface area contributed by atoms with Crippen molar-refractivity contribution in [3.63, 3.8) is 0 Å². The summed E-state index contributed by atoms with van der Waals surface area (Å²) in [4.78, 5) is 10.4. The average Bonchev–Trinajstić information content (AvgIpc) is 2.40. The second-order valence-corrected chi connectivity index (χ2v) is 5.29. The summed E-state index contributed by atoms with van der Waals surface area (Å²) in [6, 6.07) is 8.94. The van der Waals surface area contributed by atoms with Gasteiger partial charge in [0, 0.05) is 23.2 Å². The molecular formula is C14H12Cl2N2O3. The zero-order valence-corrected chi connectivity index (χ0v) is 12.6. The van der Waals surface area contributed by atoms with Gasteiger partial charge in [-0.1, -0.05) is 29.3 Å². The number of halogens is 2. The van der Waals surface area contributed by atoms with E-state index in [0.717, 1.165) is 5.56 Å². The first-order chi connectivity index (χ1) is 9.88. The smallest absolute Gasteiger partial charge is 0.311 e. The standard InChI is InChI=1S/C14H12Cl2N2O3/c1-8(17)9-2-5-13(11(16)6-9)21-14-7-10(15)3-4-12(14)18(19)20/h2-8H,17H2,1H3/t8-/m0/s1. The number of benzene rings is 2. The number of ether oxygens (including phenoxy) is 1. The Kier molecular flexibility index (Phi) is 4.67. The molecule has 0 spiro atoms. The third kappa shape index (κ3) is 3.64. The van der Waals surface area contributed by atoms with Gasteiger partial charge in [-0.15, -0.1) is 0 Å². The molecule has 0 aliphatic heterocycles. The van der Waals surface area contributed by atoms with E-state index >= 15 is 0 Å². The Morgan fingerprint density at radius 1 is 1.19 bits per heavy atom. The van der Waals surface area contributed by atoms with E-state index in [0.29, 0.717) is 15.8 Å². The Bertz CT molecular complexity index is 690. The van der Waals surface area contributed by atoms with Crippen LogP contribution in [0.3, 0.4) is 0 Å².